The van der Waals surface area contributed by atoms with Crippen molar-refractivity contribution in [3.63, 3.8) is 0 Å². The van der Waals surface area contributed by atoms with Gasteiger partial charge in [-0.25, -0.2) is 4.98 Å². The maximum absolute atomic E-state index is 12.6. The summed E-state index contributed by atoms with van der Waals surface area (Å²) in [6, 6.07) is 4.89. The molecular weight excluding hydrogens is 358 g/mol. The third kappa shape index (κ3) is 4.80. The van der Waals surface area contributed by atoms with E-state index in [1.54, 1.807) is 32.3 Å². The number of carbonyl (C=O) groups excluding carboxylic acids is 2. The monoisotopic (exact) mass is 379 g/mol. The first-order chi connectivity index (χ1) is 11.8. The summed E-state index contributed by atoms with van der Waals surface area (Å²) in [6.07, 6.45) is 3.03. The third-order valence-corrected chi connectivity index (χ3v) is 5.20. The van der Waals surface area contributed by atoms with Crippen LogP contribution in [0.1, 0.15) is 50.5 Å². The summed E-state index contributed by atoms with van der Waals surface area (Å²) in [5, 5.41) is 4.16. The first-order valence-corrected chi connectivity index (χ1v) is 9.31. The fourth-order valence-corrected chi connectivity index (χ4v) is 3.49. The smallest absolute Gasteiger partial charge is 0.267 e. The van der Waals surface area contributed by atoms with Crippen LogP contribution in [0.3, 0.4) is 0 Å². The van der Waals surface area contributed by atoms with Crippen LogP contribution in [0.4, 0.5) is 5.69 Å². The van der Waals surface area contributed by atoms with Crippen LogP contribution < -0.4 is 5.32 Å². The molecule has 0 saturated carbocycles. The van der Waals surface area contributed by atoms with Gasteiger partial charge >= 0.3 is 0 Å². The van der Waals surface area contributed by atoms with Gasteiger partial charge in [0.15, 0.2) is 0 Å². The molecule has 0 atom stereocenters. The second-order valence-corrected chi connectivity index (χ2v) is 7.46. The topological polar surface area (TPSA) is 62.3 Å². The fraction of sp³-hybridized carbons (Fsp3) is 0.389. The molecule has 2 rings (SSSR count). The second kappa shape index (κ2) is 8.45. The number of amides is 2. The number of rotatable bonds is 6. The number of unbranched alkanes of at least 4 members (excludes halogenated alkanes) is 1. The molecule has 1 aromatic heterocycles. The van der Waals surface area contributed by atoms with Crippen molar-refractivity contribution in [2.45, 2.75) is 33.1 Å². The van der Waals surface area contributed by atoms with E-state index in [-0.39, 0.29) is 11.8 Å². The highest BCUT2D eigenvalue weighted by Gasteiger charge is 2.17. The van der Waals surface area contributed by atoms with Crippen LogP contribution in [0.15, 0.2) is 18.2 Å². The summed E-state index contributed by atoms with van der Waals surface area (Å²) in [5.41, 5.74) is 1.61. The molecular formula is C18H22ClN3O2S. The number of nitrogens with zero attached hydrogens (tertiary/aromatic N) is 2. The molecule has 0 spiro atoms. The van der Waals surface area contributed by atoms with Gasteiger partial charge in [-0.3, -0.25) is 9.59 Å². The minimum Gasteiger partial charge on any atom is -0.345 e. The molecule has 7 heteroatoms. The molecule has 0 aliphatic carbocycles. The summed E-state index contributed by atoms with van der Waals surface area (Å²) < 4.78 is 0. The molecule has 0 bridgehead atoms. The lowest BCUT2D eigenvalue weighted by Crippen LogP contribution is -2.22. The van der Waals surface area contributed by atoms with Crippen LogP contribution in [-0.4, -0.2) is 35.8 Å². The highest BCUT2D eigenvalue weighted by molar-refractivity contribution is 7.13. The zero-order valence-electron chi connectivity index (χ0n) is 14.9. The van der Waals surface area contributed by atoms with Crippen LogP contribution in [0.5, 0.6) is 0 Å². The van der Waals surface area contributed by atoms with Crippen molar-refractivity contribution < 1.29 is 9.59 Å². The van der Waals surface area contributed by atoms with Gasteiger partial charge in [0.1, 0.15) is 4.88 Å². The van der Waals surface area contributed by atoms with Crippen molar-refractivity contribution >= 4 is 40.4 Å². The average Bonchev–Trinajstić information content (AvgIpc) is 2.94. The van der Waals surface area contributed by atoms with Gasteiger partial charge in [0.2, 0.25) is 0 Å². The van der Waals surface area contributed by atoms with E-state index in [0.29, 0.717) is 21.2 Å². The van der Waals surface area contributed by atoms with E-state index in [4.69, 9.17) is 11.6 Å². The molecule has 1 N–H and O–H groups in total. The van der Waals surface area contributed by atoms with E-state index < -0.39 is 0 Å². The standard InChI is InChI=1S/C18H22ClN3O2S/c1-5-6-7-15-20-11(2)16(25-15)17(23)21-12-8-9-14(19)13(10-12)18(24)22(3)4/h8-10H,5-7H2,1-4H3,(H,21,23). The van der Waals surface area contributed by atoms with Gasteiger partial charge in [-0.1, -0.05) is 24.9 Å². The number of benzene rings is 1. The normalized spacial score (nSPS) is 10.6. The molecule has 1 aromatic carbocycles. The predicted octanol–water partition coefficient (Wildman–Crippen LogP) is 4.40. The minimum absolute atomic E-state index is 0.211. The molecule has 2 amide bonds. The first-order valence-electron chi connectivity index (χ1n) is 8.12. The predicted molar refractivity (Wildman–Crippen MR) is 103 cm³/mol. The molecule has 0 saturated heterocycles. The number of hydrogen-bond acceptors (Lipinski definition) is 4. The molecule has 134 valence electrons. The number of aryl methyl sites for hydroxylation is 2. The fourth-order valence-electron chi connectivity index (χ4n) is 2.29. The van der Waals surface area contributed by atoms with Gasteiger partial charge in [-0.05, 0) is 38.0 Å². The number of anilines is 1. The summed E-state index contributed by atoms with van der Waals surface area (Å²) in [6.45, 7) is 3.96. The van der Waals surface area contributed by atoms with E-state index in [0.717, 1.165) is 30.0 Å². The highest BCUT2D eigenvalue weighted by atomic mass is 35.5. The maximum atomic E-state index is 12.6. The Balaban J connectivity index is 2.19. The number of thiazole rings is 1. The lowest BCUT2D eigenvalue weighted by Gasteiger charge is -2.13. The minimum atomic E-state index is -0.219. The first kappa shape index (κ1) is 19.4. The summed E-state index contributed by atoms with van der Waals surface area (Å²) in [7, 11) is 3.31. The zero-order valence-corrected chi connectivity index (χ0v) is 16.4. The van der Waals surface area contributed by atoms with Crippen LogP contribution in [-0.2, 0) is 6.42 Å². The molecule has 5 nitrogen and oxygen atoms in total. The largest absolute Gasteiger partial charge is 0.345 e. The molecule has 0 radical (unpaired) electrons. The second-order valence-electron chi connectivity index (χ2n) is 5.97. The lowest BCUT2D eigenvalue weighted by atomic mass is 10.1. The molecule has 0 unspecified atom stereocenters. The number of carbonyl (C=O) groups is 2. The Kier molecular flexibility index (Phi) is 6.56. The van der Waals surface area contributed by atoms with Crippen molar-refractivity contribution in [1.29, 1.82) is 0 Å². The molecule has 2 aromatic rings. The van der Waals surface area contributed by atoms with Gasteiger partial charge in [0.05, 0.1) is 21.3 Å². The van der Waals surface area contributed by atoms with Crippen molar-refractivity contribution in [3.8, 4) is 0 Å². The Labute approximate surface area is 157 Å². The molecule has 0 aliphatic rings. The van der Waals surface area contributed by atoms with E-state index in [1.165, 1.54) is 16.2 Å². The van der Waals surface area contributed by atoms with E-state index in [2.05, 4.69) is 17.2 Å². The van der Waals surface area contributed by atoms with Crippen molar-refractivity contribution in [1.82, 2.24) is 9.88 Å². The van der Waals surface area contributed by atoms with Crippen molar-refractivity contribution in [2.24, 2.45) is 0 Å². The van der Waals surface area contributed by atoms with Gasteiger partial charge < -0.3 is 10.2 Å². The third-order valence-electron chi connectivity index (χ3n) is 3.65. The lowest BCUT2D eigenvalue weighted by molar-refractivity contribution is 0.0827. The highest BCUT2D eigenvalue weighted by Crippen LogP contribution is 2.24. The summed E-state index contributed by atoms with van der Waals surface area (Å²) in [5.74, 6) is -0.430. The van der Waals surface area contributed by atoms with Crippen molar-refractivity contribution in [3.05, 3.63) is 44.4 Å². The Morgan fingerprint density at radius 2 is 2.04 bits per heavy atom. The van der Waals surface area contributed by atoms with Crippen LogP contribution in [0.25, 0.3) is 0 Å². The number of aromatic nitrogens is 1. The van der Waals surface area contributed by atoms with Gasteiger partial charge in [0, 0.05) is 19.8 Å². The maximum Gasteiger partial charge on any atom is 0.267 e. The Morgan fingerprint density at radius 3 is 2.68 bits per heavy atom. The van der Waals surface area contributed by atoms with E-state index >= 15 is 0 Å². The van der Waals surface area contributed by atoms with Crippen LogP contribution >= 0.6 is 22.9 Å². The number of halogens is 1. The van der Waals surface area contributed by atoms with E-state index in [1.807, 2.05) is 6.92 Å². The van der Waals surface area contributed by atoms with Crippen LogP contribution in [0, 0.1) is 6.92 Å². The van der Waals surface area contributed by atoms with Crippen molar-refractivity contribution in [2.75, 3.05) is 19.4 Å². The number of hydrogen-bond donors (Lipinski definition) is 1. The zero-order chi connectivity index (χ0) is 18.6. The SMILES string of the molecule is CCCCc1nc(C)c(C(=O)Nc2ccc(Cl)c(C(=O)N(C)C)c2)s1. The average molecular weight is 380 g/mol. The molecule has 0 fully saturated rings. The number of nitrogens with one attached hydrogen (secondary N) is 1. The summed E-state index contributed by atoms with van der Waals surface area (Å²) in [4.78, 5) is 31.2. The van der Waals surface area contributed by atoms with Crippen LogP contribution in [0.2, 0.25) is 5.02 Å². The van der Waals surface area contributed by atoms with Gasteiger partial charge in [0.25, 0.3) is 11.8 Å². The summed E-state index contributed by atoms with van der Waals surface area (Å²) >= 11 is 7.52. The molecule has 25 heavy (non-hydrogen) atoms. The Hall–Kier alpha value is -1.92. The van der Waals surface area contributed by atoms with E-state index in [9.17, 15) is 9.59 Å². The van der Waals surface area contributed by atoms with Gasteiger partial charge in [-0.15, -0.1) is 11.3 Å². The quantitative estimate of drug-likeness (QED) is 0.808. The molecule has 1 heterocycles. The molecule has 0 aliphatic heterocycles. The van der Waals surface area contributed by atoms with Gasteiger partial charge in [-0.2, -0.15) is 0 Å². The Bertz CT molecular complexity index is 787. The Morgan fingerprint density at radius 1 is 1.32 bits per heavy atom.